The molecule has 0 atom stereocenters. The molecule has 0 bridgehead atoms. The molecule has 0 spiro atoms. The van der Waals surface area contributed by atoms with Gasteiger partial charge in [0.1, 0.15) is 6.07 Å². The first-order valence-corrected chi connectivity index (χ1v) is 6.45. The Morgan fingerprint density at radius 3 is 2.58 bits per heavy atom. The quantitative estimate of drug-likeness (QED) is 0.846. The summed E-state index contributed by atoms with van der Waals surface area (Å²) in [6.07, 6.45) is 0.794. The summed E-state index contributed by atoms with van der Waals surface area (Å²) in [5.74, 6) is 0.455. The summed E-state index contributed by atoms with van der Waals surface area (Å²) >= 11 is 0. The van der Waals surface area contributed by atoms with E-state index in [1.165, 1.54) is 11.1 Å². The SMILES string of the molecule is Cc1ccc(-n2nnc(C#N)c2CC(C)C)cc1C. The van der Waals surface area contributed by atoms with Gasteiger partial charge >= 0.3 is 0 Å². The molecule has 19 heavy (non-hydrogen) atoms. The van der Waals surface area contributed by atoms with Gasteiger partial charge in [-0.15, -0.1) is 5.10 Å². The van der Waals surface area contributed by atoms with Crippen LogP contribution in [0.25, 0.3) is 5.69 Å². The van der Waals surface area contributed by atoms with Crippen molar-refractivity contribution in [1.29, 1.82) is 5.26 Å². The van der Waals surface area contributed by atoms with Crippen LogP contribution in [0.2, 0.25) is 0 Å². The molecule has 0 radical (unpaired) electrons. The van der Waals surface area contributed by atoms with Crippen LogP contribution >= 0.6 is 0 Å². The molecule has 1 aromatic heterocycles. The number of nitrogens with zero attached hydrogens (tertiary/aromatic N) is 4. The van der Waals surface area contributed by atoms with E-state index in [0.717, 1.165) is 17.8 Å². The number of aromatic nitrogens is 3. The topological polar surface area (TPSA) is 54.5 Å². The molecule has 0 saturated heterocycles. The van der Waals surface area contributed by atoms with Gasteiger partial charge in [0.05, 0.1) is 11.4 Å². The summed E-state index contributed by atoms with van der Waals surface area (Å²) in [6.45, 7) is 8.40. The monoisotopic (exact) mass is 254 g/mol. The molecular formula is C15H18N4. The maximum atomic E-state index is 9.12. The minimum Gasteiger partial charge on any atom is -0.216 e. The van der Waals surface area contributed by atoms with Gasteiger partial charge in [0, 0.05) is 0 Å². The Balaban J connectivity index is 2.52. The molecule has 0 N–H and O–H groups in total. The number of hydrogen-bond acceptors (Lipinski definition) is 3. The van der Waals surface area contributed by atoms with Crippen molar-refractivity contribution in [2.75, 3.05) is 0 Å². The van der Waals surface area contributed by atoms with Crippen LogP contribution in [0.3, 0.4) is 0 Å². The fourth-order valence-corrected chi connectivity index (χ4v) is 2.02. The minimum atomic E-state index is 0.423. The summed E-state index contributed by atoms with van der Waals surface area (Å²) in [5.41, 5.74) is 4.73. The van der Waals surface area contributed by atoms with Gasteiger partial charge < -0.3 is 0 Å². The van der Waals surface area contributed by atoms with Gasteiger partial charge in [0.2, 0.25) is 0 Å². The summed E-state index contributed by atoms with van der Waals surface area (Å²) in [7, 11) is 0. The van der Waals surface area contributed by atoms with E-state index < -0.39 is 0 Å². The molecule has 98 valence electrons. The predicted octanol–water partition coefficient (Wildman–Crippen LogP) is 2.95. The Kier molecular flexibility index (Phi) is 3.66. The molecule has 0 unspecified atom stereocenters. The lowest BCUT2D eigenvalue weighted by molar-refractivity contribution is 0.613. The highest BCUT2D eigenvalue weighted by atomic mass is 15.4. The Bertz CT molecular complexity index is 632. The number of aryl methyl sites for hydroxylation is 2. The van der Waals surface area contributed by atoms with Gasteiger partial charge in [0.15, 0.2) is 5.69 Å². The first-order valence-electron chi connectivity index (χ1n) is 6.45. The zero-order chi connectivity index (χ0) is 14.0. The number of benzene rings is 1. The van der Waals surface area contributed by atoms with Gasteiger partial charge in [-0.05, 0) is 49.4 Å². The first kappa shape index (κ1) is 13.3. The average molecular weight is 254 g/mol. The summed E-state index contributed by atoms with van der Waals surface area (Å²) in [4.78, 5) is 0. The van der Waals surface area contributed by atoms with Crippen LogP contribution in [0.1, 0.15) is 36.4 Å². The van der Waals surface area contributed by atoms with Gasteiger partial charge in [0.25, 0.3) is 0 Å². The van der Waals surface area contributed by atoms with E-state index in [1.807, 2.05) is 6.07 Å². The van der Waals surface area contributed by atoms with Crippen molar-refractivity contribution in [3.8, 4) is 11.8 Å². The van der Waals surface area contributed by atoms with Gasteiger partial charge in [-0.25, -0.2) is 4.68 Å². The van der Waals surface area contributed by atoms with Crippen molar-refractivity contribution in [2.45, 2.75) is 34.1 Å². The minimum absolute atomic E-state index is 0.423. The van der Waals surface area contributed by atoms with Crippen molar-refractivity contribution in [3.05, 3.63) is 40.7 Å². The van der Waals surface area contributed by atoms with Crippen molar-refractivity contribution >= 4 is 0 Å². The average Bonchev–Trinajstić information content (AvgIpc) is 2.75. The summed E-state index contributed by atoms with van der Waals surface area (Å²) in [6, 6.07) is 8.28. The molecule has 1 aromatic carbocycles. The molecule has 2 rings (SSSR count). The first-order chi connectivity index (χ1) is 9.02. The third-order valence-corrected chi connectivity index (χ3v) is 3.21. The van der Waals surface area contributed by atoms with E-state index in [1.54, 1.807) is 4.68 Å². The zero-order valence-corrected chi connectivity index (χ0v) is 11.8. The van der Waals surface area contributed by atoms with Crippen LogP contribution in [-0.4, -0.2) is 15.0 Å². The highest BCUT2D eigenvalue weighted by Crippen LogP contribution is 2.18. The molecule has 2 aromatic rings. The molecule has 0 amide bonds. The van der Waals surface area contributed by atoms with Gasteiger partial charge in [-0.3, -0.25) is 0 Å². The number of hydrogen-bond donors (Lipinski definition) is 0. The predicted molar refractivity (Wildman–Crippen MR) is 74.1 cm³/mol. The third-order valence-electron chi connectivity index (χ3n) is 3.21. The van der Waals surface area contributed by atoms with Crippen molar-refractivity contribution in [2.24, 2.45) is 5.92 Å². The van der Waals surface area contributed by atoms with Crippen molar-refractivity contribution in [3.63, 3.8) is 0 Å². The Morgan fingerprint density at radius 1 is 1.26 bits per heavy atom. The fraction of sp³-hybridized carbons (Fsp3) is 0.400. The van der Waals surface area contributed by atoms with Crippen LogP contribution in [0.15, 0.2) is 18.2 Å². The lowest BCUT2D eigenvalue weighted by Gasteiger charge is -2.10. The van der Waals surface area contributed by atoms with Crippen LogP contribution in [-0.2, 0) is 6.42 Å². The van der Waals surface area contributed by atoms with Crippen LogP contribution in [0.4, 0.5) is 0 Å². The molecule has 0 aliphatic carbocycles. The number of rotatable bonds is 3. The highest BCUT2D eigenvalue weighted by Gasteiger charge is 2.15. The molecule has 0 aliphatic rings. The second-order valence-electron chi connectivity index (χ2n) is 5.27. The Morgan fingerprint density at radius 2 is 2.00 bits per heavy atom. The van der Waals surface area contributed by atoms with Crippen molar-refractivity contribution in [1.82, 2.24) is 15.0 Å². The van der Waals surface area contributed by atoms with Gasteiger partial charge in [-0.2, -0.15) is 5.26 Å². The van der Waals surface area contributed by atoms with E-state index in [2.05, 4.69) is 56.2 Å². The van der Waals surface area contributed by atoms with E-state index in [-0.39, 0.29) is 0 Å². The van der Waals surface area contributed by atoms with E-state index >= 15 is 0 Å². The van der Waals surface area contributed by atoms with E-state index in [9.17, 15) is 0 Å². The molecule has 4 heteroatoms. The maximum Gasteiger partial charge on any atom is 0.186 e. The standard InChI is InChI=1S/C15H18N4/c1-10(2)7-15-14(9-16)17-18-19(15)13-6-5-11(3)12(4)8-13/h5-6,8,10H,7H2,1-4H3. The normalized spacial score (nSPS) is 10.7. The molecule has 4 nitrogen and oxygen atoms in total. The van der Waals surface area contributed by atoms with Crippen LogP contribution < -0.4 is 0 Å². The summed E-state index contributed by atoms with van der Waals surface area (Å²) in [5, 5.41) is 17.2. The third kappa shape index (κ3) is 2.65. The van der Waals surface area contributed by atoms with E-state index in [4.69, 9.17) is 5.26 Å². The smallest absolute Gasteiger partial charge is 0.186 e. The zero-order valence-electron chi connectivity index (χ0n) is 11.8. The second kappa shape index (κ2) is 5.23. The van der Waals surface area contributed by atoms with Crippen molar-refractivity contribution < 1.29 is 0 Å². The Hall–Kier alpha value is -2.15. The maximum absolute atomic E-state index is 9.12. The molecular weight excluding hydrogens is 236 g/mol. The highest BCUT2D eigenvalue weighted by molar-refractivity contribution is 5.41. The van der Waals surface area contributed by atoms with Crippen LogP contribution in [0, 0.1) is 31.1 Å². The Labute approximate surface area is 113 Å². The molecule has 0 saturated carbocycles. The largest absolute Gasteiger partial charge is 0.216 e. The van der Waals surface area contributed by atoms with Gasteiger partial charge in [-0.1, -0.05) is 25.1 Å². The molecule has 0 aliphatic heterocycles. The number of nitriles is 1. The van der Waals surface area contributed by atoms with Crippen LogP contribution in [0.5, 0.6) is 0 Å². The fourth-order valence-electron chi connectivity index (χ4n) is 2.02. The summed E-state index contributed by atoms with van der Waals surface area (Å²) < 4.78 is 1.78. The second-order valence-corrected chi connectivity index (χ2v) is 5.27. The lowest BCUT2D eigenvalue weighted by Crippen LogP contribution is -2.07. The lowest BCUT2D eigenvalue weighted by atomic mass is 10.1. The van der Waals surface area contributed by atoms with E-state index in [0.29, 0.717) is 11.6 Å². The molecule has 0 fully saturated rings. The molecule has 1 heterocycles.